The minimum absolute atomic E-state index is 0.0608. The van der Waals surface area contributed by atoms with E-state index in [9.17, 15) is 22.8 Å². The average molecular weight is 426 g/mol. The number of thiophene rings is 1. The zero-order valence-electron chi connectivity index (χ0n) is 15.7. The summed E-state index contributed by atoms with van der Waals surface area (Å²) >= 11 is 1.30. The predicted octanol–water partition coefficient (Wildman–Crippen LogP) is 3.07. The molecule has 0 spiro atoms. The summed E-state index contributed by atoms with van der Waals surface area (Å²) in [7, 11) is 0. The molecule has 1 fully saturated rings. The zero-order valence-corrected chi connectivity index (χ0v) is 16.5. The second kappa shape index (κ2) is 8.81. The molecule has 2 aromatic rings. The standard InChI is InChI=1S/C19H21F3N4O2S/c1-12(24-18(28)15-3-2-10-29-15)17(27)25-14-6-8-26(9-7-14)16-5-4-13(11-23-16)19(20,21)22/h2-5,10-12,14H,6-9H2,1H3,(H,24,28)(H,25,27)/t12-/m1/s1. The Kier molecular flexibility index (Phi) is 6.41. The number of halogens is 3. The third kappa shape index (κ3) is 5.47. The first-order chi connectivity index (χ1) is 13.7. The van der Waals surface area contributed by atoms with Crippen molar-refractivity contribution in [3.05, 3.63) is 46.3 Å². The molecule has 29 heavy (non-hydrogen) atoms. The van der Waals surface area contributed by atoms with Gasteiger partial charge in [-0.3, -0.25) is 9.59 Å². The van der Waals surface area contributed by atoms with Gasteiger partial charge in [0.15, 0.2) is 0 Å². The Morgan fingerprint density at radius 1 is 1.24 bits per heavy atom. The Morgan fingerprint density at radius 3 is 2.52 bits per heavy atom. The molecule has 1 saturated heterocycles. The van der Waals surface area contributed by atoms with Gasteiger partial charge in [0.1, 0.15) is 11.9 Å². The lowest BCUT2D eigenvalue weighted by Crippen LogP contribution is -2.51. The van der Waals surface area contributed by atoms with Crippen LogP contribution in [0.25, 0.3) is 0 Å². The smallest absolute Gasteiger partial charge is 0.356 e. The van der Waals surface area contributed by atoms with E-state index in [2.05, 4.69) is 15.6 Å². The van der Waals surface area contributed by atoms with Crippen LogP contribution in [0, 0.1) is 0 Å². The topological polar surface area (TPSA) is 74.3 Å². The van der Waals surface area contributed by atoms with Crippen molar-refractivity contribution in [2.45, 2.75) is 38.0 Å². The highest BCUT2D eigenvalue weighted by molar-refractivity contribution is 7.12. The summed E-state index contributed by atoms with van der Waals surface area (Å²) in [5.41, 5.74) is -0.776. The van der Waals surface area contributed by atoms with Crippen molar-refractivity contribution in [2.75, 3.05) is 18.0 Å². The van der Waals surface area contributed by atoms with E-state index >= 15 is 0 Å². The minimum atomic E-state index is -4.40. The maximum absolute atomic E-state index is 12.6. The van der Waals surface area contributed by atoms with Crippen LogP contribution in [0.4, 0.5) is 19.0 Å². The molecule has 2 aromatic heterocycles. The van der Waals surface area contributed by atoms with Crippen molar-refractivity contribution < 1.29 is 22.8 Å². The monoisotopic (exact) mass is 426 g/mol. The summed E-state index contributed by atoms with van der Waals surface area (Å²) in [4.78, 5) is 30.7. The second-order valence-electron chi connectivity index (χ2n) is 6.85. The Morgan fingerprint density at radius 2 is 1.97 bits per heavy atom. The number of carbonyl (C=O) groups excluding carboxylic acids is 2. The van der Waals surface area contributed by atoms with Crippen LogP contribution in [0.2, 0.25) is 0 Å². The number of rotatable bonds is 5. The average Bonchev–Trinajstić information content (AvgIpc) is 3.23. The number of piperidine rings is 1. The number of nitrogens with one attached hydrogen (secondary N) is 2. The number of hydrogen-bond donors (Lipinski definition) is 2. The molecular formula is C19H21F3N4O2S. The van der Waals surface area contributed by atoms with Gasteiger partial charge >= 0.3 is 6.18 Å². The van der Waals surface area contributed by atoms with Gasteiger partial charge in [0, 0.05) is 25.3 Å². The molecule has 0 aromatic carbocycles. The SMILES string of the molecule is C[C@@H](NC(=O)c1cccs1)C(=O)NC1CCN(c2ccc(C(F)(F)F)cn2)CC1. The van der Waals surface area contributed by atoms with Crippen LogP contribution in [-0.2, 0) is 11.0 Å². The Balaban J connectivity index is 1.46. The van der Waals surface area contributed by atoms with Crippen LogP contribution in [0.5, 0.6) is 0 Å². The van der Waals surface area contributed by atoms with E-state index in [1.54, 1.807) is 24.4 Å². The van der Waals surface area contributed by atoms with E-state index in [1.165, 1.54) is 17.4 Å². The van der Waals surface area contributed by atoms with E-state index in [-0.39, 0.29) is 17.9 Å². The van der Waals surface area contributed by atoms with Crippen molar-refractivity contribution in [2.24, 2.45) is 0 Å². The van der Waals surface area contributed by atoms with Gasteiger partial charge in [-0.05, 0) is 43.3 Å². The molecule has 1 aliphatic heterocycles. The highest BCUT2D eigenvalue weighted by Gasteiger charge is 2.31. The second-order valence-corrected chi connectivity index (χ2v) is 7.79. The van der Waals surface area contributed by atoms with Gasteiger partial charge in [-0.2, -0.15) is 13.2 Å². The lowest BCUT2D eigenvalue weighted by atomic mass is 10.0. The first-order valence-corrected chi connectivity index (χ1v) is 10.0. The Labute approximate surface area is 170 Å². The van der Waals surface area contributed by atoms with E-state index < -0.39 is 17.8 Å². The van der Waals surface area contributed by atoms with E-state index in [1.807, 2.05) is 4.90 Å². The lowest BCUT2D eigenvalue weighted by Gasteiger charge is -2.33. The molecule has 3 rings (SSSR count). The highest BCUT2D eigenvalue weighted by Crippen LogP contribution is 2.29. The number of carbonyl (C=O) groups is 2. The fourth-order valence-corrected chi connectivity index (χ4v) is 3.69. The normalized spacial score (nSPS) is 16.3. The lowest BCUT2D eigenvalue weighted by molar-refractivity contribution is -0.137. The molecule has 1 aliphatic rings. The van der Waals surface area contributed by atoms with Gasteiger partial charge in [-0.15, -0.1) is 11.3 Å². The Bertz CT molecular complexity index is 832. The molecule has 2 N–H and O–H groups in total. The van der Waals surface area contributed by atoms with Gasteiger partial charge in [0.05, 0.1) is 10.4 Å². The van der Waals surface area contributed by atoms with Crippen LogP contribution in [0.1, 0.15) is 35.0 Å². The van der Waals surface area contributed by atoms with E-state index in [0.29, 0.717) is 36.6 Å². The largest absolute Gasteiger partial charge is 0.417 e. The molecule has 0 unspecified atom stereocenters. The number of aromatic nitrogens is 1. The van der Waals surface area contributed by atoms with Gasteiger partial charge in [-0.1, -0.05) is 6.07 Å². The summed E-state index contributed by atoms with van der Waals surface area (Å²) in [6.07, 6.45) is -2.29. The molecule has 0 radical (unpaired) electrons. The first kappa shape index (κ1) is 21.1. The van der Waals surface area contributed by atoms with Crippen LogP contribution >= 0.6 is 11.3 Å². The summed E-state index contributed by atoms with van der Waals surface area (Å²) in [5, 5.41) is 7.39. The molecule has 1 atom stereocenters. The number of pyridine rings is 1. The van der Waals surface area contributed by atoms with Gasteiger partial charge < -0.3 is 15.5 Å². The predicted molar refractivity (Wildman–Crippen MR) is 104 cm³/mol. The highest BCUT2D eigenvalue weighted by atomic mass is 32.1. The van der Waals surface area contributed by atoms with Crippen LogP contribution in [0.3, 0.4) is 0 Å². The summed E-state index contributed by atoms with van der Waals surface area (Å²) < 4.78 is 37.9. The number of amides is 2. The summed E-state index contributed by atoms with van der Waals surface area (Å²) in [6, 6.07) is 5.12. The first-order valence-electron chi connectivity index (χ1n) is 9.17. The summed E-state index contributed by atoms with van der Waals surface area (Å²) in [5.74, 6) is -0.0637. The molecule has 10 heteroatoms. The Hall–Kier alpha value is -2.62. The maximum atomic E-state index is 12.6. The van der Waals surface area contributed by atoms with Gasteiger partial charge in [0.25, 0.3) is 5.91 Å². The molecule has 6 nitrogen and oxygen atoms in total. The number of hydrogen-bond acceptors (Lipinski definition) is 5. The molecule has 2 amide bonds. The van der Waals surface area contributed by atoms with E-state index in [4.69, 9.17) is 0 Å². The van der Waals surface area contributed by atoms with Crippen LogP contribution in [0.15, 0.2) is 35.8 Å². The van der Waals surface area contributed by atoms with Crippen molar-refractivity contribution in [1.29, 1.82) is 0 Å². The summed E-state index contributed by atoms with van der Waals surface area (Å²) in [6.45, 7) is 2.76. The van der Waals surface area contributed by atoms with Crippen LogP contribution in [-0.4, -0.2) is 42.0 Å². The molecule has 0 aliphatic carbocycles. The van der Waals surface area contributed by atoms with Crippen molar-refractivity contribution in [1.82, 2.24) is 15.6 Å². The van der Waals surface area contributed by atoms with E-state index in [0.717, 1.165) is 12.3 Å². The molecule has 156 valence electrons. The van der Waals surface area contributed by atoms with Gasteiger partial charge in [0.2, 0.25) is 5.91 Å². The van der Waals surface area contributed by atoms with Gasteiger partial charge in [-0.25, -0.2) is 4.98 Å². The molecule has 3 heterocycles. The minimum Gasteiger partial charge on any atom is -0.356 e. The fraction of sp³-hybridized carbons (Fsp3) is 0.421. The van der Waals surface area contributed by atoms with Crippen molar-refractivity contribution in [3.8, 4) is 0 Å². The maximum Gasteiger partial charge on any atom is 0.417 e. The number of nitrogens with zero attached hydrogens (tertiary/aromatic N) is 2. The number of anilines is 1. The number of alkyl halides is 3. The van der Waals surface area contributed by atoms with Crippen LogP contribution < -0.4 is 15.5 Å². The molecule has 0 saturated carbocycles. The third-order valence-corrected chi connectivity index (χ3v) is 5.60. The third-order valence-electron chi connectivity index (χ3n) is 4.73. The quantitative estimate of drug-likeness (QED) is 0.771. The fourth-order valence-electron chi connectivity index (χ4n) is 3.06. The zero-order chi connectivity index (χ0) is 21.0. The van der Waals surface area contributed by atoms with Crippen molar-refractivity contribution in [3.63, 3.8) is 0 Å². The molecule has 0 bridgehead atoms. The van der Waals surface area contributed by atoms with Crippen molar-refractivity contribution >= 4 is 29.0 Å². The molecular weight excluding hydrogens is 405 g/mol.